The zero-order valence-electron chi connectivity index (χ0n) is 12.9. The van der Waals surface area contributed by atoms with Crippen LogP contribution in [-0.4, -0.2) is 32.3 Å². The maximum absolute atomic E-state index is 12.7. The van der Waals surface area contributed by atoms with Gasteiger partial charge in [-0.3, -0.25) is 4.90 Å². The third-order valence-corrected chi connectivity index (χ3v) is 3.84. The lowest BCUT2D eigenvalue weighted by molar-refractivity contribution is 0.0602. The molecule has 124 valence electrons. The second-order valence-electron chi connectivity index (χ2n) is 5.08. The summed E-state index contributed by atoms with van der Waals surface area (Å²) < 4.78 is 10.3. The van der Waals surface area contributed by atoms with Crippen molar-refractivity contribution in [2.24, 2.45) is 0 Å². The number of amides is 2. The number of halogens is 1. The number of ether oxygens (including phenoxy) is 2. The number of methoxy groups -OCH3 is 1. The zero-order chi connectivity index (χ0) is 17.1. The third-order valence-electron chi connectivity index (χ3n) is 3.60. The summed E-state index contributed by atoms with van der Waals surface area (Å²) in [5.41, 5.74) is 1.20. The summed E-state index contributed by atoms with van der Waals surface area (Å²) in [5, 5.41) is 3.13. The van der Waals surface area contributed by atoms with Gasteiger partial charge in [0.05, 0.1) is 30.6 Å². The van der Waals surface area contributed by atoms with E-state index in [1.165, 1.54) is 19.2 Å². The average molecular weight is 347 g/mol. The van der Waals surface area contributed by atoms with Crippen molar-refractivity contribution >= 4 is 35.0 Å². The molecule has 6 nitrogen and oxygen atoms in total. The molecule has 1 aliphatic rings. The van der Waals surface area contributed by atoms with Crippen LogP contribution in [0.1, 0.15) is 10.4 Å². The normalized spacial score (nSPS) is 12.8. The van der Waals surface area contributed by atoms with Gasteiger partial charge in [-0.2, -0.15) is 0 Å². The number of nitrogens with one attached hydrogen (secondary N) is 1. The van der Waals surface area contributed by atoms with Crippen molar-refractivity contribution in [1.82, 2.24) is 0 Å². The molecule has 2 aromatic carbocycles. The largest absolute Gasteiger partial charge is 0.490 e. The lowest BCUT2D eigenvalue weighted by Gasteiger charge is -2.29. The minimum Gasteiger partial charge on any atom is -0.490 e. The van der Waals surface area contributed by atoms with Crippen molar-refractivity contribution < 1.29 is 19.1 Å². The molecule has 0 atom stereocenters. The van der Waals surface area contributed by atoms with E-state index < -0.39 is 5.97 Å². The second kappa shape index (κ2) is 6.80. The summed E-state index contributed by atoms with van der Waals surface area (Å²) in [5.74, 6) is 0.0857. The highest BCUT2D eigenvalue weighted by Gasteiger charge is 2.24. The summed E-state index contributed by atoms with van der Waals surface area (Å²) in [4.78, 5) is 26.1. The minimum absolute atomic E-state index is 0.233. The fourth-order valence-electron chi connectivity index (χ4n) is 2.47. The number of benzene rings is 2. The number of urea groups is 1. The Morgan fingerprint density at radius 1 is 1.25 bits per heavy atom. The van der Waals surface area contributed by atoms with Gasteiger partial charge >= 0.3 is 12.0 Å². The molecule has 0 aliphatic carbocycles. The zero-order valence-corrected chi connectivity index (χ0v) is 13.7. The van der Waals surface area contributed by atoms with E-state index in [2.05, 4.69) is 5.32 Å². The maximum atomic E-state index is 12.7. The molecule has 24 heavy (non-hydrogen) atoms. The first-order valence-electron chi connectivity index (χ1n) is 7.28. The summed E-state index contributed by atoms with van der Waals surface area (Å²) in [7, 11) is 1.28. The fourth-order valence-corrected chi connectivity index (χ4v) is 2.64. The summed E-state index contributed by atoms with van der Waals surface area (Å²) in [6.45, 7) is 0.792. The lowest BCUT2D eigenvalue weighted by atomic mass is 10.2. The molecule has 0 aromatic heterocycles. The number of anilines is 2. The first kappa shape index (κ1) is 16.1. The Hall–Kier alpha value is -2.73. The molecule has 0 unspecified atom stereocenters. The van der Waals surface area contributed by atoms with Crippen LogP contribution in [0, 0.1) is 0 Å². The molecule has 0 spiro atoms. The SMILES string of the molecule is COC(=O)c1ccc(Cl)cc1NC(=O)N1CCOc2ccccc21. The van der Waals surface area contributed by atoms with Gasteiger partial charge in [-0.25, -0.2) is 9.59 Å². The number of fused-ring (bicyclic) bond motifs is 1. The van der Waals surface area contributed by atoms with Crippen LogP contribution >= 0.6 is 11.6 Å². The first-order chi connectivity index (χ1) is 11.6. The molecule has 7 heteroatoms. The maximum Gasteiger partial charge on any atom is 0.339 e. The standard InChI is InChI=1S/C17H15ClN2O4/c1-23-16(21)12-7-6-11(18)10-13(12)19-17(22)20-8-9-24-15-5-3-2-4-14(15)20/h2-7,10H,8-9H2,1H3,(H,19,22). The van der Waals surface area contributed by atoms with Gasteiger partial charge in [-0.1, -0.05) is 23.7 Å². The predicted octanol–water partition coefficient (Wildman–Crippen LogP) is 3.56. The second-order valence-corrected chi connectivity index (χ2v) is 5.52. The van der Waals surface area contributed by atoms with Crippen LogP contribution in [0.5, 0.6) is 5.75 Å². The Balaban J connectivity index is 1.89. The van der Waals surface area contributed by atoms with Crippen molar-refractivity contribution in [3.8, 4) is 5.75 Å². The van der Waals surface area contributed by atoms with Crippen LogP contribution in [0.15, 0.2) is 42.5 Å². The molecule has 0 saturated heterocycles. The summed E-state index contributed by atoms with van der Waals surface area (Å²) >= 11 is 5.98. The predicted molar refractivity (Wildman–Crippen MR) is 91.1 cm³/mol. The van der Waals surface area contributed by atoms with Gasteiger partial charge in [0, 0.05) is 5.02 Å². The first-order valence-corrected chi connectivity index (χ1v) is 7.66. The number of hydrogen-bond acceptors (Lipinski definition) is 4. The Bertz CT molecular complexity index is 794. The Morgan fingerprint density at radius 2 is 2.04 bits per heavy atom. The average Bonchev–Trinajstić information content (AvgIpc) is 2.60. The van der Waals surface area contributed by atoms with E-state index in [-0.39, 0.29) is 11.6 Å². The molecule has 3 rings (SSSR count). The van der Waals surface area contributed by atoms with Crippen LogP contribution in [0.25, 0.3) is 0 Å². The van der Waals surface area contributed by atoms with E-state index >= 15 is 0 Å². The van der Waals surface area contributed by atoms with E-state index in [1.54, 1.807) is 23.1 Å². The molecule has 0 saturated carbocycles. The van der Waals surface area contributed by atoms with Gasteiger partial charge in [0.1, 0.15) is 12.4 Å². The highest BCUT2D eigenvalue weighted by molar-refractivity contribution is 6.31. The Morgan fingerprint density at radius 3 is 2.83 bits per heavy atom. The van der Waals surface area contributed by atoms with Crippen LogP contribution in [0.4, 0.5) is 16.2 Å². The van der Waals surface area contributed by atoms with E-state index in [1.807, 2.05) is 12.1 Å². The number of esters is 1. The number of rotatable bonds is 2. The van der Waals surface area contributed by atoms with Gasteiger partial charge in [0.15, 0.2) is 0 Å². The van der Waals surface area contributed by atoms with Crippen molar-refractivity contribution in [3.63, 3.8) is 0 Å². The van der Waals surface area contributed by atoms with Gasteiger partial charge < -0.3 is 14.8 Å². The van der Waals surface area contributed by atoms with Crippen molar-refractivity contribution in [3.05, 3.63) is 53.1 Å². The molecule has 1 aliphatic heterocycles. The molecule has 0 fully saturated rings. The van der Waals surface area contributed by atoms with Crippen molar-refractivity contribution in [2.75, 3.05) is 30.5 Å². The smallest absolute Gasteiger partial charge is 0.339 e. The van der Waals surface area contributed by atoms with Crippen molar-refractivity contribution in [1.29, 1.82) is 0 Å². The molecule has 1 N–H and O–H groups in total. The molecule has 0 radical (unpaired) electrons. The van der Waals surface area contributed by atoms with Crippen LogP contribution in [0.3, 0.4) is 0 Å². The number of nitrogens with zero attached hydrogens (tertiary/aromatic N) is 1. The Kier molecular flexibility index (Phi) is 4.57. The molecule has 1 heterocycles. The van der Waals surface area contributed by atoms with E-state index in [9.17, 15) is 9.59 Å². The van der Waals surface area contributed by atoms with Gasteiger partial charge in [-0.15, -0.1) is 0 Å². The van der Waals surface area contributed by atoms with Crippen LogP contribution in [0.2, 0.25) is 5.02 Å². The van der Waals surface area contributed by atoms with Gasteiger partial charge in [0.25, 0.3) is 0 Å². The van der Waals surface area contributed by atoms with Gasteiger partial charge in [-0.05, 0) is 30.3 Å². The highest BCUT2D eigenvalue weighted by atomic mass is 35.5. The lowest BCUT2D eigenvalue weighted by Crippen LogP contribution is -2.40. The quantitative estimate of drug-likeness (QED) is 0.844. The van der Waals surface area contributed by atoms with Crippen molar-refractivity contribution in [2.45, 2.75) is 0 Å². The minimum atomic E-state index is -0.552. The van der Waals surface area contributed by atoms with Crippen LogP contribution in [-0.2, 0) is 4.74 Å². The topological polar surface area (TPSA) is 67.9 Å². The van der Waals surface area contributed by atoms with Gasteiger partial charge in [0.2, 0.25) is 0 Å². The van der Waals surface area contributed by atoms with E-state index in [4.69, 9.17) is 21.1 Å². The monoisotopic (exact) mass is 346 g/mol. The fraction of sp³-hybridized carbons (Fsp3) is 0.176. The number of hydrogen-bond donors (Lipinski definition) is 1. The summed E-state index contributed by atoms with van der Waals surface area (Å²) in [6, 6.07) is 11.5. The molecule has 0 bridgehead atoms. The molecular weight excluding hydrogens is 332 g/mol. The van der Waals surface area contributed by atoms with E-state index in [0.29, 0.717) is 35.3 Å². The number of carbonyl (C=O) groups is 2. The summed E-state index contributed by atoms with van der Waals surface area (Å²) in [6.07, 6.45) is 0. The van der Waals surface area contributed by atoms with Crippen LogP contribution < -0.4 is 15.0 Å². The highest BCUT2D eigenvalue weighted by Crippen LogP contribution is 2.32. The number of carbonyl (C=O) groups excluding carboxylic acids is 2. The molecule has 2 amide bonds. The third kappa shape index (κ3) is 3.14. The van der Waals surface area contributed by atoms with E-state index in [0.717, 1.165) is 0 Å². The Labute approximate surface area is 143 Å². The number of para-hydroxylation sites is 2. The molecular formula is C17H15ClN2O4. The molecule has 2 aromatic rings.